The summed E-state index contributed by atoms with van der Waals surface area (Å²) in [5, 5.41) is 20.3. The summed E-state index contributed by atoms with van der Waals surface area (Å²) in [6.45, 7) is 2.20. The molecule has 0 bridgehead atoms. The molecule has 0 aromatic carbocycles. The third-order valence-electron chi connectivity index (χ3n) is 3.87. The number of ketones is 1. The smallest absolute Gasteiger partial charge is 0.303 e. The molecule has 0 aromatic heterocycles. The van der Waals surface area contributed by atoms with Gasteiger partial charge >= 0.3 is 5.97 Å². The number of aliphatic carboxylic acids is 1. The fourth-order valence-electron chi connectivity index (χ4n) is 2.48. The first-order chi connectivity index (χ1) is 11.5. The van der Waals surface area contributed by atoms with Crippen molar-refractivity contribution >= 4 is 17.7 Å². The van der Waals surface area contributed by atoms with Crippen molar-refractivity contribution in [1.29, 1.82) is 0 Å². The molecule has 0 aromatic rings. The normalized spacial score (nSPS) is 11.9. The molecule has 3 N–H and O–H groups in total. The molecule has 140 valence electrons. The van der Waals surface area contributed by atoms with Crippen molar-refractivity contribution in [2.75, 3.05) is 0 Å². The van der Waals surface area contributed by atoms with E-state index < -0.39 is 18.1 Å². The molecule has 1 unspecified atom stereocenters. The van der Waals surface area contributed by atoms with Crippen molar-refractivity contribution in [3.05, 3.63) is 0 Å². The number of amides is 1. The first-order valence-corrected chi connectivity index (χ1v) is 9.16. The van der Waals surface area contributed by atoms with Gasteiger partial charge in [0.1, 0.15) is 12.0 Å². The Labute approximate surface area is 145 Å². The highest BCUT2D eigenvalue weighted by Crippen LogP contribution is 2.11. The van der Waals surface area contributed by atoms with Crippen LogP contribution in [-0.4, -0.2) is 34.1 Å². The molecule has 0 radical (unpaired) electrons. The van der Waals surface area contributed by atoms with Gasteiger partial charge in [0.15, 0.2) is 0 Å². The first kappa shape index (κ1) is 22.6. The minimum Gasteiger partial charge on any atom is -0.481 e. The average molecular weight is 343 g/mol. The standard InChI is InChI=1S/C18H33NO5/c1-2-3-4-5-6-7-8-9-10-11-15(20)14-17(22)19-16(21)12-13-18(23)24/h17,22H,2-14H2,1H3,(H,19,21)(H,23,24). The minimum absolute atomic E-state index is 0.0796. The van der Waals surface area contributed by atoms with E-state index in [-0.39, 0.29) is 25.0 Å². The maximum absolute atomic E-state index is 11.7. The van der Waals surface area contributed by atoms with Crippen molar-refractivity contribution in [1.82, 2.24) is 5.32 Å². The SMILES string of the molecule is CCCCCCCCCCCC(=O)CC(O)NC(=O)CCC(=O)O. The van der Waals surface area contributed by atoms with Crippen molar-refractivity contribution < 1.29 is 24.6 Å². The Hall–Kier alpha value is -1.43. The summed E-state index contributed by atoms with van der Waals surface area (Å²) in [6.07, 6.45) is 9.19. The Morgan fingerprint density at radius 1 is 0.833 bits per heavy atom. The van der Waals surface area contributed by atoms with Crippen LogP contribution in [0.5, 0.6) is 0 Å². The molecular weight excluding hydrogens is 310 g/mol. The fraction of sp³-hybridized carbons (Fsp3) is 0.833. The number of hydrogen-bond acceptors (Lipinski definition) is 4. The highest BCUT2D eigenvalue weighted by atomic mass is 16.4. The van der Waals surface area contributed by atoms with Gasteiger partial charge in [0.05, 0.1) is 12.8 Å². The van der Waals surface area contributed by atoms with Crippen molar-refractivity contribution in [2.45, 2.75) is 96.6 Å². The van der Waals surface area contributed by atoms with Crippen LogP contribution in [0.2, 0.25) is 0 Å². The van der Waals surface area contributed by atoms with Gasteiger partial charge in [-0.3, -0.25) is 14.4 Å². The summed E-state index contributed by atoms with van der Waals surface area (Å²) in [7, 11) is 0. The second kappa shape index (κ2) is 15.1. The minimum atomic E-state index is -1.22. The van der Waals surface area contributed by atoms with E-state index in [9.17, 15) is 19.5 Å². The first-order valence-electron chi connectivity index (χ1n) is 9.16. The third kappa shape index (κ3) is 15.5. The number of Topliss-reactive ketones (excluding diaryl/α,β-unsaturated/α-hetero) is 1. The lowest BCUT2D eigenvalue weighted by molar-refractivity contribution is -0.139. The Kier molecular flexibility index (Phi) is 14.2. The monoisotopic (exact) mass is 343 g/mol. The molecule has 0 aliphatic carbocycles. The van der Waals surface area contributed by atoms with Gasteiger partial charge in [-0.2, -0.15) is 0 Å². The Morgan fingerprint density at radius 2 is 1.38 bits per heavy atom. The number of unbranched alkanes of at least 4 members (excludes halogenated alkanes) is 8. The number of carboxylic acid groups (broad SMARTS) is 1. The highest BCUT2D eigenvalue weighted by Gasteiger charge is 2.14. The Morgan fingerprint density at radius 3 is 1.92 bits per heavy atom. The lowest BCUT2D eigenvalue weighted by Gasteiger charge is -2.11. The van der Waals surface area contributed by atoms with Crippen molar-refractivity contribution in [3.8, 4) is 0 Å². The lowest BCUT2D eigenvalue weighted by Crippen LogP contribution is -2.36. The molecule has 6 heteroatoms. The van der Waals surface area contributed by atoms with Crippen LogP contribution in [0.1, 0.15) is 90.4 Å². The Balaban J connectivity index is 3.54. The lowest BCUT2D eigenvalue weighted by atomic mass is 10.0. The van der Waals surface area contributed by atoms with Crippen molar-refractivity contribution in [3.63, 3.8) is 0 Å². The van der Waals surface area contributed by atoms with E-state index in [1.807, 2.05) is 0 Å². The maximum atomic E-state index is 11.7. The van der Waals surface area contributed by atoms with Crippen LogP contribution in [0.3, 0.4) is 0 Å². The van der Waals surface area contributed by atoms with E-state index in [1.165, 1.54) is 38.5 Å². The summed E-state index contributed by atoms with van der Waals surface area (Å²) < 4.78 is 0. The molecule has 0 aliphatic heterocycles. The van der Waals surface area contributed by atoms with Crippen LogP contribution in [0.15, 0.2) is 0 Å². The number of carbonyl (C=O) groups excluding carboxylic acids is 2. The molecule has 6 nitrogen and oxygen atoms in total. The fourth-order valence-corrected chi connectivity index (χ4v) is 2.48. The van der Waals surface area contributed by atoms with Crippen LogP contribution < -0.4 is 5.32 Å². The number of nitrogens with one attached hydrogen (secondary N) is 1. The summed E-state index contributed by atoms with van der Waals surface area (Å²) in [6, 6.07) is 0. The number of aliphatic hydroxyl groups is 1. The number of aliphatic hydroxyl groups excluding tert-OH is 1. The predicted molar refractivity (Wildman–Crippen MR) is 92.5 cm³/mol. The number of carboxylic acids is 1. The van der Waals surface area contributed by atoms with E-state index >= 15 is 0 Å². The van der Waals surface area contributed by atoms with Crippen LogP contribution in [0, 0.1) is 0 Å². The maximum Gasteiger partial charge on any atom is 0.303 e. The largest absolute Gasteiger partial charge is 0.481 e. The number of hydrogen-bond donors (Lipinski definition) is 3. The van der Waals surface area contributed by atoms with Gasteiger partial charge in [0.25, 0.3) is 0 Å². The van der Waals surface area contributed by atoms with E-state index in [4.69, 9.17) is 5.11 Å². The molecule has 0 aliphatic rings. The van der Waals surface area contributed by atoms with Gasteiger partial charge in [-0.15, -0.1) is 0 Å². The highest BCUT2D eigenvalue weighted by molar-refractivity contribution is 5.82. The Bertz CT molecular complexity index is 370. The zero-order valence-corrected chi connectivity index (χ0v) is 14.9. The van der Waals surface area contributed by atoms with Gasteiger partial charge in [0, 0.05) is 12.8 Å². The van der Waals surface area contributed by atoms with Gasteiger partial charge in [0.2, 0.25) is 5.91 Å². The van der Waals surface area contributed by atoms with E-state index in [1.54, 1.807) is 0 Å². The second-order valence-electron chi connectivity index (χ2n) is 6.30. The van der Waals surface area contributed by atoms with E-state index in [0.717, 1.165) is 19.3 Å². The van der Waals surface area contributed by atoms with Crippen LogP contribution in [0.4, 0.5) is 0 Å². The van der Waals surface area contributed by atoms with Crippen LogP contribution in [-0.2, 0) is 14.4 Å². The van der Waals surface area contributed by atoms with Gasteiger partial charge < -0.3 is 15.5 Å². The van der Waals surface area contributed by atoms with Gasteiger partial charge in [-0.25, -0.2) is 0 Å². The van der Waals surface area contributed by atoms with E-state index in [0.29, 0.717) is 6.42 Å². The van der Waals surface area contributed by atoms with Gasteiger partial charge in [-0.05, 0) is 6.42 Å². The molecule has 0 saturated heterocycles. The quantitative estimate of drug-likeness (QED) is 0.295. The van der Waals surface area contributed by atoms with Crippen molar-refractivity contribution in [2.24, 2.45) is 0 Å². The summed E-state index contributed by atoms with van der Waals surface area (Å²) in [5.74, 6) is -1.70. The zero-order chi connectivity index (χ0) is 18.2. The molecule has 0 heterocycles. The van der Waals surface area contributed by atoms with Gasteiger partial charge in [-0.1, -0.05) is 58.3 Å². The molecular formula is C18H33NO5. The third-order valence-corrected chi connectivity index (χ3v) is 3.87. The van der Waals surface area contributed by atoms with Crippen LogP contribution in [0.25, 0.3) is 0 Å². The molecule has 1 amide bonds. The topological polar surface area (TPSA) is 104 Å². The molecule has 1 atom stereocenters. The summed E-state index contributed by atoms with van der Waals surface area (Å²) in [4.78, 5) is 33.4. The molecule has 0 spiro atoms. The van der Waals surface area contributed by atoms with Crippen LogP contribution >= 0.6 is 0 Å². The number of carbonyl (C=O) groups is 3. The molecule has 0 fully saturated rings. The summed E-state index contributed by atoms with van der Waals surface area (Å²) >= 11 is 0. The molecule has 24 heavy (non-hydrogen) atoms. The predicted octanol–water partition coefficient (Wildman–Crippen LogP) is 3.17. The molecule has 0 saturated carbocycles. The second-order valence-corrected chi connectivity index (χ2v) is 6.30. The summed E-state index contributed by atoms with van der Waals surface area (Å²) in [5.41, 5.74) is 0. The molecule has 0 rings (SSSR count). The van der Waals surface area contributed by atoms with E-state index in [2.05, 4.69) is 12.2 Å². The zero-order valence-electron chi connectivity index (χ0n) is 14.9. The number of rotatable bonds is 16. The average Bonchev–Trinajstić information content (AvgIpc) is 2.51.